The zero-order chi connectivity index (χ0) is 15.6. The molecule has 0 saturated carbocycles. The van der Waals surface area contributed by atoms with Gasteiger partial charge < -0.3 is 15.0 Å². The van der Waals surface area contributed by atoms with Gasteiger partial charge in [-0.2, -0.15) is 0 Å². The van der Waals surface area contributed by atoms with Crippen LogP contribution in [0, 0.1) is 10.1 Å². The van der Waals surface area contributed by atoms with Crippen LogP contribution in [0.4, 0.5) is 11.4 Å². The molecule has 0 bridgehead atoms. The van der Waals surface area contributed by atoms with Crippen molar-refractivity contribution in [1.82, 2.24) is 9.55 Å². The molecular weight excluding hydrogens is 280 g/mol. The van der Waals surface area contributed by atoms with E-state index in [0.717, 1.165) is 6.07 Å². The summed E-state index contributed by atoms with van der Waals surface area (Å²) in [5, 5.41) is 22.1. The summed E-state index contributed by atoms with van der Waals surface area (Å²) in [6, 6.07) is 3.22. The fraction of sp³-hybridized carbons (Fsp3) is 0.0833. The summed E-state index contributed by atoms with van der Waals surface area (Å²) >= 11 is 0. The van der Waals surface area contributed by atoms with E-state index in [1.807, 2.05) is 0 Å². The lowest BCUT2D eigenvalue weighted by molar-refractivity contribution is -0.383. The van der Waals surface area contributed by atoms with E-state index < -0.39 is 22.5 Å². The van der Waals surface area contributed by atoms with Gasteiger partial charge in [0.15, 0.2) is 0 Å². The predicted octanol–water partition coefficient (Wildman–Crippen LogP) is 1.28. The Morgan fingerprint density at radius 1 is 1.43 bits per heavy atom. The number of nitro groups is 1. The smallest absolute Gasteiger partial charge is 0.335 e. The number of nitrogens with zero attached hydrogens (tertiary/aromatic N) is 3. The molecule has 0 atom stereocenters. The first kappa shape index (κ1) is 14.2. The monoisotopic (exact) mass is 290 g/mol. The van der Waals surface area contributed by atoms with Crippen molar-refractivity contribution < 1.29 is 19.6 Å². The number of carboxylic acids is 1. The number of aryl methyl sites for hydroxylation is 1. The van der Waals surface area contributed by atoms with Crippen LogP contribution in [0.25, 0.3) is 0 Å². The van der Waals surface area contributed by atoms with Gasteiger partial charge in [-0.25, -0.2) is 9.78 Å². The van der Waals surface area contributed by atoms with E-state index in [2.05, 4.69) is 10.3 Å². The van der Waals surface area contributed by atoms with Crippen molar-refractivity contribution in [2.45, 2.75) is 0 Å². The Morgan fingerprint density at radius 3 is 2.67 bits per heavy atom. The number of carbonyl (C=O) groups excluding carboxylic acids is 1. The molecule has 21 heavy (non-hydrogen) atoms. The normalized spacial score (nSPS) is 10.1. The quantitative estimate of drug-likeness (QED) is 0.644. The molecule has 9 heteroatoms. The number of carbonyl (C=O) groups is 2. The highest BCUT2D eigenvalue weighted by molar-refractivity contribution is 6.04. The lowest BCUT2D eigenvalue weighted by Crippen LogP contribution is -2.14. The number of anilines is 1. The zero-order valence-corrected chi connectivity index (χ0v) is 10.8. The first-order valence-corrected chi connectivity index (χ1v) is 5.69. The second kappa shape index (κ2) is 5.41. The van der Waals surface area contributed by atoms with E-state index in [9.17, 15) is 19.7 Å². The van der Waals surface area contributed by atoms with Crippen molar-refractivity contribution in [3.63, 3.8) is 0 Å². The number of hydrogen-bond donors (Lipinski definition) is 2. The number of hydrogen-bond acceptors (Lipinski definition) is 5. The molecule has 0 saturated heterocycles. The maximum absolute atomic E-state index is 11.9. The molecule has 1 amide bonds. The van der Waals surface area contributed by atoms with Crippen molar-refractivity contribution in [3.05, 3.63) is 52.1 Å². The fourth-order valence-electron chi connectivity index (χ4n) is 1.64. The molecule has 2 rings (SSSR count). The van der Waals surface area contributed by atoms with Gasteiger partial charge in [0.25, 0.3) is 11.6 Å². The summed E-state index contributed by atoms with van der Waals surface area (Å²) in [4.78, 5) is 36.7. The number of aromatic nitrogens is 2. The Hall–Kier alpha value is -3.23. The Bertz CT molecular complexity index is 737. The molecule has 0 fully saturated rings. The summed E-state index contributed by atoms with van der Waals surface area (Å²) in [6.07, 6.45) is 2.86. The molecule has 108 valence electrons. The maximum atomic E-state index is 11.9. The van der Waals surface area contributed by atoms with Crippen LogP contribution in [0.3, 0.4) is 0 Å². The van der Waals surface area contributed by atoms with Crippen molar-refractivity contribution in [1.29, 1.82) is 0 Å². The maximum Gasteiger partial charge on any atom is 0.335 e. The molecule has 0 unspecified atom stereocenters. The number of amides is 1. The van der Waals surface area contributed by atoms with Crippen LogP contribution < -0.4 is 5.32 Å². The van der Waals surface area contributed by atoms with E-state index in [4.69, 9.17) is 5.11 Å². The lowest BCUT2D eigenvalue weighted by Gasteiger charge is -2.05. The highest BCUT2D eigenvalue weighted by Crippen LogP contribution is 2.26. The summed E-state index contributed by atoms with van der Waals surface area (Å²) in [6.45, 7) is 0. The topological polar surface area (TPSA) is 127 Å². The van der Waals surface area contributed by atoms with Crippen molar-refractivity contribution in [2.24, 2.45) is 7.05 Å². The molecule has 1 aromatic carbocycles. The van der Waals surface area contributed by atoms with E-state index in [1.54, 1.807) is 11.6 Å². The van der Waals surface area contributed by atoms with Gasteiger partial charge in [0, 0.05) is 19.3 Å². The van der Waals surface area contributed by atoms with Gasteiger partial charge in [-0.3, -0.25) is 14.9 Å². The van der Waals surface area contributed by atoms with Crippen molar-refractivity contribution in [3.8, 4) is 0 Å². The van der Waals surface area contributed by atoms with Gasteiger partial charge in [-0.15, -0.1) is 0 Å². The summed E-state index contributed by atoms with van der Waals surface area (Å²) in [5.41, 5.74) is -0.744. The molecular formula is C12H10N4O5. The number of carboxylic acid groups (broad SMARTS) is 1. The Kier molecular flexibility index (Phi) is 3.65. The Balaban J connectivity index is 2.33. The standard InChI is InChI=1S/C12H10N4O5/c1-15-5-9(13-6-15)11(17)14-8-3-2-7(12(18)19)4-10(8)16(20)21/h2-6H,1H3,(H,14,17)(H,18,19). The first-order chi connectivity index (χ1) is 9.88. The van der Waals surface area contributed by atoms with Gasteiger partial charge in [0.2, 0.25) is 0 Å². The van der Waals surface area contributed by atoms with E-state index >= 15 is 0 Å². The van der Waals surface area contributed by atoms with Crippen LogP contribution in [-0.4, -0.2) is 31.5 Å². The first-order valence-electron chi connectivity index (χ1n) is 5.69. The SMILES string of the molecule is Cn1cnc(C(=O)Nc2ccc(C(=O)O)cc2[N+](=O)[O-])c1. The molecule has 1 heterocycles. The largest absolute Gasteiger partial charge is 0.478 e. The fourth-order valence-corrected chi connectivity index (χ4v) is 1.64. The highest BCUT2D eigenvalue weighted by Gasteiger charge is 2.20. The van der Waals surface area contributed by atoms with Crippen LogP contribution in [0.15, 0.2) is 30.7 Å². The van der Waals surface area contributed by atoms with Crippen LogP contribution in [0.2, 0.25) is 0 Å². The molecule has 2 N–H and O–H groups in total. The molecule has 1 aromatic heterocycles. The number of benzene rings is 1. The van der Waals surface area contributed by atoms with Crippen molar-refractivity contribution >= 4 is 23.3 Å². The molecule has 0 aliphatic carbocycles. The number of rotatable bonds is 4. The van der Waals surface area contributed by atoms with Crippen LogP contribution in [0.1, 0.15) is 20.8 Å². The van der Waals surface area contributed by atoms with Gasteiger partial charge in [-0.05, 0) is 12.1 Å². The minimum atomic E-state index is -1.29. The average Bonchev–Trinajstić information content (AvgIpc) is 2.85. The molecule has 9 nitrogen and oxygen atoms in total. The third-order valence-corrected chi connectivity index (χ3v) is 2.63. The van der Waals surface area contributed by atoms with Crippen LogP contribution in [0.5, 0.6) is 0 Å². The van der Waals surface area contributed by atoms with E-state index in [0.29, 0.717) is 0 Å². The summed E-state index contributed by atoms with van der Waals surface area (Å²) < 4.78 is 1.55. The molecule has 0 radical (unpaired) electrons. The average molecular weight is 290 g/mol. The van der Waals surface area contributed by atoms with Crippen molar-refractivity contribution in [2.75, 3.05) is 5.32 Å². The van der Waals surface area contributed by atoms with Crippen LogP contribution in [-0.2, 0) is 7.05 Å². The molecule has 0 aliphatic heterocycles. The lowest BCUT2D eigenvalue weighted by atomic mass is 10.1. The Labute approximate surface area is 118 Å². The second-order valence-electron chi connectivity index (χ2n) is 4.17. The number of nitrogens with one attached hydrogen (secondary N) is 1. The predicted molar refractivity (Wildman–Crippen MR) is 71.2 cm³/mol. The van der Waals surface area contributed by atoms with Gasteiger partial charge >= 0.3 is 5.97 Å². The third-order valence-electron chi connectivity index (χ3n) is 2.63. The van der Waals surface area contributed by atoms with E-state index in [1.165, 1.54) is 24.7 Å². The highest BCUT2D eigenvalue weighted by atomic mass is 16.6. The number of aromatic carboxylic acids is 1. The van der Waals surface area contributed by atoms with Gasteiger partial charge in [-0.1, -0.05) is 0 Å². The third kappa shape index (κ3) is 3.03. The van der Waals surface area contributed by atoms with E-state index in [-0.39, 0.29) is 16.9 Å². The number of nitro benzene ring substituents is 1. The van der Waals surface area contributed by atoms with Crippen LogP contribution >= 0.6 is 0 Å². The van der Waals surface area contributed by atoms with Gasteiger partial charge in [0.05, 0.1) is 16.8 Å². The molecule has 0 aliphatic rings. The minimum absolute atomic E-state index is 0.0918. The number of imidazole rings is 1. The molecule has 2 aromatic rings. The zero-order valence-electron chi connectivity index (χ0n) is 10.8. The summed E-state index contributed by atoms with van der Waals surface area (Å²) in [7, 11) is 1.67. The summed E-state index contributed by atoms with van der Waals surface area (Å²) in [5.74, 6) is -1.91. The Morgan fingerprint density at radius 2 is 2.14 bits per heavy atom. The second-order valence-corrected chi connectivity index (χ2v) is 4.17. The minimum Gasteiger partial charge on any atom is -0.478 e. The van der Waals surface area contributed by atoms with Gasteiger partial charge in [0.1, 0.15) is 11.4 Å². The molecule has 0 spiro atoms.